The molecule has 4 rings (SSSR count). The zero-order chi connectivity index (χ0) is 17.9. The highest BCUT2D eigenvalue weighted by Crippen LogP contribution is 2.35. The molecule has 6 heteroatoms. The van der Waals surface area contributed by atoms with Gasteiger partial charge in [0, 0.05) is 17.7 Å². The lowest BCUT2D eigenvalue weighted by atomic mass is 9.88. The molecule has 2 aliphatic rings. The first kappa shape index (κ1) is 16.7. The van der Waals surface area contributed by atoms with Crippen LogP contribution in [0.1, 0.15) is 12.5 Å². The van der Waals surface area contributed by atoms with Gasteiger partial charge in [0.2, 0.25) is 12.7 Å². The largest absolute Gasteiger partial charge is 0.489 e. The Morgan fingerprint density at radius 1 is 1.23 bits per heavy atom. The summed E-state index contributed by atoms with van der Waals surface area (Å²) in [4.78, 5) is 12.3. The summed E-state index contributed by atoms with van der Waals surface area (Å²) in [5, 5.41) is 6.21. The lowest BCUT2D eigenvalue weighted by molar-refractivity contribution is -0.121. The minimum absolute atomic E-state index is 0.00443. The molecule has 0 saturated carbocycles. The fraction of sp³-hybridized carbons (Fsp3) is 0.350. The smallest absolute Gasteiger partial charge is 0.231 e. The summed E-state index contributed by atoms with van der Waals surface area (Å²) >= 11 is 0. The first-order chi connectivity index (χ1) is 12.7. The molecule has 6 nitrogen and oxygen atoms in total. The predicted molar refractivity (Wildman–Crippen MR) is 97.5 cm³/mol. The van der Waals surface area contributed by atoms with E-state index in [-0.39, 0.29) is 18.6 Å². The molecular weight excluding hydrogens is 332 g/mol. The number of benzene rings is 2. The molecule has 1 unspecified atom stereocenters. The molecule has 0 aromatic heterocycles. The third-order valence-electron chi connectivity index (χ3n) is 4.88. The van der Waals surface area contributed by atoms with Crippen molar-refractivity contribution in [2.75, 3.05) is 25.2 Å². The Labute approximate surface area is 152 Å². The van der Waals surface area contributed by atoms with Gasteiger partial charge in [-0.15, -0.1) is 0 Å². The topological polar surface area (TPSA) is 68.8 Å². The number of nitrogens with one attached hydrogen (secondary N) is 2. The number of ether oxygens (including phenoxy) is 3. The van der Waals surface area contributed by atoms with Crippen LogP contribution in [0.2, 0.25) is 0 Å². The second kappa shape index (κ2) is 7.25. The molecule has 2 heterocycles. The first-order valence-electron chi connectivity index (χ1n) is 8.82. The summed E-state index contributed by atoms with van der Waals surface area (Å²) < 4.78 is 16.5. The molecule has 1 fully saturated rings. The van der Waals surface area contributed by atoms with Gasteiger partial charge in [0.15, 0.2) is 11.5 Å². The number of fused-ring (bicyclic) bond motifs is 1. The Bertz CT molecular complexity index is 804. The van der Waals surface area contributed by atoms with Gasteiger partial charge in [0.1, 0.15) is 12.4 Å². The summed E-state index contributed by atoms with van der Waals surface area (Å²) in [5.41, 5.74) is 1.78. The fourth-order valence-corrected chi connectivity index (χ4v) is 3.01. The molecule has 1 amide bonds. The highest BCUT2D eigenvalue weighted by molar-refractivity contribution is 5.92. The lowest BCUT2D eigenvalue weighted by Gasteiger charge is -2.31. The number of rotatable bonds is 6. The Hall–Kier alpha value is -2.73. The molecule has 2 aliphatic heterocycles. The van der Waals surface area contributed by atoms with Gasteiger partial charge in [-0.05, 0) is 48.8 Å². The normalized spacial score (nSPS) is 16.7. The second-order valence-corrected chi connectivity index (χ2v) is 6.70. The van der Waals surface area contributed by atoms with Crippen molar-refractivity contribution in [2.45, 2.75) is 13.5 Å². The van der Waals surface area contributed by atoms with Gasteiger partial charge in [0.25, 0.3) is 0 Å². The van der Waals surface area contributed by atoms with E-state index >= 15 is 0 Å². The van der Waals surface area contributed by atoms with Crippen molar-refractivity contribution < 1.29 is 19.0 Å². The number of amides is 1. The molecule has 1 saturated heterocycles. The van der Waals surface area contributed by atoms with Crippen molar-refractivity contribution in [1.29, 1.82) is 0 Å². The van der Waals surface area contributed by atoms with Crippen LogP contribution in [-0.2, 0) is 11.4 Å². The second-order valence-electron chi connectivity index (χ2n) is 6.70. The molecule has 0 aliphatic carbocycles. The fourth-order valence-electron chi connectivity index (χ4n) is 3.01. The summed E-state index contributed by atoms with van der Waals surface area (Å²) in [6, 6.07) is 13.2. The third kappa shape index (κ3) is 3.60. The maximum atomic E-state index is 12.3. The monoisotopic (exact) mass is 354 g/mol. The van der Waals surface area contributed by atoms with Crippen molar-refractivity contribution in [1.82, 2.24) is 5.32 Å². The van der Waals surface area contributed by atoms with Crippen molar-refractivity contribution >= 4 is 11.6 Å². The third-order valence-corrected chi connectivity index (χ3v) is 4.88. The highest BCUT2D eigenvalue weighted by Gasteiger charge is 2.28. The Balaban J connectivity index is 1.35. The van der Waals surface area contributed by atoms with E-state index in [1.54, 1.807) is 0 Å². The number of hydrogen-bond acceptors (Lipinski definition) is 5. The van der Waals surface area contributed by atoms with Crippen LogP contribution in [0, 0.1) is 11.8 Å². The van der Waals surface area contributed by atoms with E-state index in [0.29, 0.717) is 18.3 Å². The zero-order valence-electron chi connectivity index (χ0n) is 14.7. The van der Waals surface area contributed by atoms with Gasteiger partial charge >= 0.3 is 0 Å². The maximum Gasteiger partial charge on any atom is 0.231 e. The Morgan fingerprint density at radius 2 is 2.08 bits per heavy atom. The first-order valence-corrected chi connectivity index (χ1v) is 8.82. The van der Waals surface area contributed by atoms with E-state index in [1.807, 2.05) is 49.4 Å². The van der Waals surface area contributed by atoms with Crippen LogP contribution in [0.3, 0.4) is 0 Å². The van der Waals surface area contributed by atoms with E-state index in [4.69, 9.17) is 14.2 Å². The lowest BCUT2D eigenvalue weighted by Crippen LogP contribution is -2.48. The van der Waals surface area contributed by atoms with E-state index in [1.165, 1.54) is 0 Å². The minimum atomic E-state index is 0.00443. The van der Waals surface area contributed by atoms with Gasteiger partial charge in [-0.3, -0.25) is 4.79 Å². The number of hydrogen-bond donors (Lipinski definition) is 2. The molecule has 0 spiro atoms. The Kier molecular flexibility index (Phi) is 4.67. The van der Waals surface area contributed by atoms with E-state index in [0.717, 1.165) is 35.8 Å². The van der Waals surface area contributed by atoms with Crippen LogP contribution in [-0.4, -0.2) is 25.8 Å². The van der Waals surface area contributed by atoms with Crippen molar-refractivity contribution in [2.24, 2.45) is 11.8 Å². The summed E-state index contributed by atoms with van der Waals surface area (Å²) in [5.74, 6) is 2.64. The van der Waals surface area contributed by atoms with E-state index < -0.39 is 0 Å². The SMILES string of the molecule is CC(C(=O)Nc1cccc(COc2ccc3c(c2)OCO3)c1)C1CNC1. The quantitative estimate of drug-likeness (QED) is 0.835. The predicted octanol–water partition coefficient (Wildman–Crippen LogP) is 2.79. The van der Waals surface area contributed by atoms with Crippen LogP contribution in [0.25, 0.3) is 0 Å². The van der Waals surface area contributed by atoms with Crippen LogP contribution < -0.4 is 24.8 Å². The molecule has 0 radical (unpaired) electrons. The van der Waals surface area contributed by atoms with Crippen LogP contribution in [0.5, 0.6) is 17.2 Å². The molecular formula is C20H22N2O4. The van der Waals surface area contributed by atoms with E-state index in [9.17, 15) is 4.79 Å². The van der Waals surface area contributed by atoms with Crippen molar-refractivity contribution in [3.05, 3.63) is 48.0 Å². The molecule has 2 aromatic carbocycles. The standard InChI is InChI=1S/C20H22N2O4/c1-13(15-9-21-10-15)20(23)22-16-4-2-3-14(7-16)11-24-17-5-6-18-19(8-17)26-12-25-18/h2-8,13,15,21H,9-12H2,1H3,(H,22,23). The van der Waals surface area contributed by atoms with Crippen molar-refractivity contribution in [3.63, 3.8) is 0 Å². The van der Waals surface area contributed by atoms with Gasteiger partial charge < -0.3 is 24.8 Å². The average Bonchev–Trinajstić information content (AvgIpc) is 3.06. The van der Waals surface area contributed by atoms with Gasteiger partial charge in [-0.2, -0.15) is 0 Å². The number of carbonyl (C=O) groups is 1. The highest BCUT2D eigenvalue weighted by atomic mass is 16.7. The average molecular weight is 354 g/mol. The van der Waals surface area contributed by atoms with Gasteiger partial charge in [-0.25, -0.2) is 0 Å². The molecule has 1 atom stereocenters. The number of anilines is 1. The van der Waals surface area contributed by atoms with Crippen LogP contribution >= 0.6 is 0 Å². The molecule has 136 valence electrons. The summed E-state index contributed by atoms with van der Waals surface area (Å²) in [6.45, 7) is 4.46. The summed E-state index contributed by atoms with van der Waals surface area (Å²) in [7, 11) is 0. The molecule has 2 N–H and O–H groups in total. The van der Waals surface area contributed by atoms with Crippen LogP contribution in [0.15, 0.2) is 42.5 Å². The Morgan fingerprint density at radius 3 is 2.88 bits per heavy atom. The molecule has 0 bridgehead atoms. The van der Waals surface area contributed by atoms with Gasteiger partial charge in [0.05, 0.1) is 0 Å². The molecule has 26 heavy (non-hydrogen) atoms. The zero-order valence-corrected chi connectivity index (χ0v) is 14.7. The maximum absolute atomic E-state index is 12.3. The summed E-state index contributed by atoms with van der Waals surface area (Å²) in [6.07, 6.45) is 0. The minimum Gasteiger partial charge on any atom is -0.489 e. The van der Waals surface area contributed by atoms with Gasteiger partial charge in [-0.1, -0.05) is 19.1 Å². The van der Waals surface area contributed by atoms with E-state index in [2.05, 4.69) is 10.6 Å². The number of carbonyl (C=O) groups excluding carboxylic acids is 1. The van der Waals surface area contributed by atoms with Crippen LogP contribution in [0.4, 0.5) is 5.69 Å². The molecule has 2 aromatic rings. The van der Waals surface area contributed by atoms with Crippen molar-refractivity contribution in [3.8, 4) is 17.2 Å².